The fourth-order valence-corrected chi connectivity index (χ4v) is 4.95. The summed E-state index contributed by atoms with van der Waals surface area (Å²) in [5.74, 6) is 1.61. The second-order valence-electron chi connectivity index (χ2n) is 9.14. The number of aromatic nitrogens is 4. The average Bonchev–Trinajstić information content (AvgIpc) is 3.43. The van der Waals surface area contributed by atoms with Crippen LogP contribution >= 0.6 is 0 Å². The molecular formula is C24H30N6O2. The van der Waals surface area contributed by atoms with E-state index >= 15 is 0 Å². The Morgan fingerprint density at radius 3 is 2.84 bits per heavy atom. The van der Waals surface area contributed by atoms with Crippen molar-refractivity contribution in [2.45, 2.75) is 52.2 Å². The molecule has 0 aromatic carbocycles. The molecule has 1 amide bonds. The largest absolute Gasteiger partial charge is 0.390 e. The summed E-state index contributed by atoms with van der Waals surface area (Å²) < 4.78 is 1.84. The Hall–Kier alpha value is -3.00. The number of likely N-dealkylation sites (tertiary alicyclic amines) is 1. The van der Waals surface area contributed by atoms with Crippen LogP contribution < -0.4 is 4.90 Å². The van der Waals surface area contributed by atoms with Gasteiger partial charge in [0, 0.05) is 37.5 Å². The normalized spacial score (nSPS) is 21.5. The van der Waals surface area contributed by atoms with Crippen molar-refractivity contribution >= 4 is 17.4 Å². The summed E-state index contributed by atoms with van der Waals surface area (Å²) in [5, 5.41) is 14.2. The van der Waals surface area contributed by atoms with E-state index in [1.807, 2.05) is 21.7 Å². The SMILES string of the molecule is Cc1cn2nc(C3CCCCN3C(=O)c3cccc(CO)n3)cc2nc1N1CCC(C)C1. The molecule has 8 heteroatoms. The van der Waals surface area contributed by atoms with E-state index in [9.17, 15) is 9.90 Å². The first kappa shape index (κ1) is 20.9. The number of amides is 1. The number of piperidine rings is 1. The lowest BCUT2D eigenvalue weighted by Gasteiger charge is -2.34. The topological polar surface area (TPSA) is 86.9 Å². The fraction of sp³-hybridized carbons (Fsp3) is 0.500. The molecule has 2 atom stereocenters. The number of carbonyl (C=O) groups excluding carboxylic acids is 1. The number of aliphatic hydroxyl groups excluding tert-OH is 1. The number of pyridine rings is 1. The molecule has 2 fully saturated rings. The molecule has 2 saturated heterocycles. The van der Waals surface area contributed by atoms with E-state index in [2.05, 4.69) is 23.7 Å². The van der Waals surface area contributed by atoms with E-state index in [4.69, 9.17) is 10.1 Å². The highest BCUT2D eigenvalue weighted by Crippen LogP contribution is 2.32. The maximum Gasteiger partial charge on any atom is 0.273 e. The molecule has 168 valence electrons. The Morgan fingerprint density at radius 2 is 2.06 bits per heavy atom. The number of anilines is 1. The minimum atomic E-state index is -0.180. The van der Waals surface area contributed by atoms with Gasteiger partial charge >= 0.3 is 0 Å². The Morgan fingerprint density at radius 1 is 1.19 bits per heavy atom. The summed E-state index contributed by atoms with van der Waals surface area (Å²) >= 11 is 0. The van der Waals surface area contributed by atoms with Gasteiger partial charge in [-0.1, -0.05) is 13.0 Å². The maximum atomic E-state index is 13.3. The third-order valence-electron chi connectivity index (χ3n) is 6.64. The van der Waals surface area contributed by atoms with Crippen molar-refractivity contribution < 1.29 is 9.90 Å². The number of fused-ring (bicyclic) bond motifs is 1. The van der Waals surface area contributed by atoms with Gasteiger partial charge in [0.2, 0.25) is 0 Å². The van der Waals surface area contributed by atoms with Gasteiger partial charge in [-0.2, -0.15) is 5.10 Å². The first-order valence-corrected chi connectivity index (χ1v) is 11.5. The van der Waals surface area contributed by atoms with Gasteiger partial charge in [-0.3, -0.25) is 4.79 Å². The van der Waals surface area contributed by atoms with Gasteiger partial charge in [0.05, 0.1) is 24.0 Å². The molecule has 0 aliphatic carbocycles. The van der Waals surface area contributed by atoms with Crippen LogP contribution in [0.25, 0.3) is 5.65 Å². The molecule has 0 bridgehead atoms. The number of rotatable bonds is 4. The summed E-state index contributed by atoms with van der Waals surface area (Å²) in [4.78, 5) is 26.8. The molecule has 2 aliphatic rings. The summed E-state index contributed by atoms with van der Waals surface area (Å²) in [7, 11) is 0. The fourth-order valence-electron chi connectivity index (χ4n) is 4.95. The van der Waals surface area contributed by atoms with Gasteiger partial charge in [0.1, 0.15) is 11.5 Å². The molecule has 0 radical (unpaired) electrons. The van der Waals surface area contributed by atoms with Crippen molar-refractivity contribution in [1.82, 2.24) is 24.5 Å². The zero-order valence-corrected chi connectivity index (χ0v) is 18.7. The van der Waals surface area contributed by atoms with E-state index in [0.29, 0.717) is 23.9 Å². The van der Waals surface area contributed by atoms with Crippen LogP contribution in [0.15, 0.2) is 30.5 Å². The third-order valence-corrected chi connectivity index (χ3v) is 6.64. The molecular weight excluding hydrogens is 404 g/mol. The third kappa shape index (κ3) is 3.83. The number of hydrogen-bond acceptors (Lipinski definition) is 6. The number of nitrogens with zero attached hydrogens (tertiary/aromatic N) is 6. The van der Waals surface area contributed by atoms with Crippen LogP contribution in [0.5, 0.6) is 0 Å². The summed E-state index contributed by atoms with van der Waals surface area (Å²) in [5.41, 5.74) is 3.67. The van der Waals surface area contributed by atoms with Crippen molar-refractivity contribution in [1.29, 1.82) is 0 Å². The highest BCUT2D eigenvalue weighted by atomic mass is 16.3. The highest BCUT2D eigenvalue weighted by molar-refractivity contribution is 5.92. The van der Waals surface area contributed by atoms with Gasteiger partial charge in [-0.05, 0) is 50.7 Å². The van der Waals surface area contributed by atoms with Crippen molar-refractivity contribution in [2.75, 3.05) is 24.5 Å². The van der Waals surface area contributed by atoms with E-state index in [1.165, 1.54) is 6.42 Å². The van der Waals surface area contributed by atoms with Gasteiger partial charge < -0.3 is 14.9 Å². The minimum absolute atomic E-state index is 0.104. The predicted octanol–water partition coefficient (Wildman–Crippen LogP) is 3.14. The summed E-state index contributed by atoms with van der Waals surface area (Å²) in [6.07, 6.45) is 6.12. The zero-order valence-electron chi connectivity index (χ0n) is 18.7. The molecule has 5 rings (SSSR count). The zero-order chi connectivity index (χ0) is 22.2. The molecule has 1 N–H and O–H groups in total. The Labute approximate surface area is 187 Å². The van der Waals surface area contributed by atoms with Crippen LogP contribution in [0.4, 0.5) is 5.82 Å². The quantitative estimate of drug-likeness (QED) is 0.679. The van der Waals surface area contributed by atoms with E-state index in [1.54, 1.807) is 18.2 Å². The molecule has 2 aliphatic heterocycles. The van der Waals surface area contributed by atoms with Gasteiger partial charge in [-0.15, -0.1) is 0 Å². The number of hydrogen-bond donors (Lipinski definition) is 1. The average molecular weight is 435 g/mol. The lowest BCUT2D eigenvalue weighted by molar-refractivity contribution is 0.0599. The van der Waals surface area contributed by atoms with Gasteiger partial charge in [0.25, 0.3) is 5.91 Å². The number of carbonyl (C=O) groups is 1. The van der Waals surface area contributed by atoms with E-state index in [0.717, 1.165) is 55.1 Å². The second kappa shape index (κ2) is 8.50. The lowest BCUT2D eigenvalue weighted by Crippen LogP contribution is -2.39. The van der Waals surface area contributed by atoms with Crippen LogP contribution in [-0.4, -0.2) is 55.1 Å². The maximum absolute atomic E-state index is 13.3. The first-order valence-electron chi connectivity index (χ1n) is 11.5. The molecule has 0 saturated carbocycles. The van der Waals surface area contributed by atoms with Crippen LogP contribution in [0.2, 0.25) is 0 Å². The minimum Gasteiger partial charge on any atom is -0.390 e. The first-order chi connectivity index (χ1) is 15.5. The molecule has 3 aromatic rings. The van der Waals surface area contributed by atoms with Crippen LogP contribution in [0.1, 0.15) is 66.1 Å². The predicted molar refractivity (Wildman–Crippen MR) is 122 cm³/mol. The highest BCUT2D eigenvalue weighted by Gasteiger charge is 2.31. The molecule has 3 aromatic heterocycles. The number of aryl methyl sites for hydroxylation is 1. The Balaban J connectivity index is 1.46. The van der Waals surface area contributed by atoms with Crippen molar-refractivity contribution in [3.05, 3.63) is 53.1 Å². The molecule has 2 unspecified atom stereocenters. The van der Waals surface area contributed by atoms with Crippen molar-refractivity contribution in [2.24, 2.45) is 5.92 Å². The Bertz CT molecular complexity index is 1140. The second-order valence-corrected chi connectivity index (χ2v) is 9.14. The molecule has 8 nitrogen and oxygen atoms in total. The molecule has 0 spiro atoms. The standard InChI is InChI=1S/C24H30N6O2/c1-16-9-11-28(13-16)23-17(2)14-30-22(26-23)12-20(27-30)21-8-3-4-10-29(21)24(32)19-7-5-6-18(15-31)25-19/h5-7,12,14,16,21,31H,3-4,8-11,13,15H2,1-2H3. The van der Waals surface area contributed by atoms with Gasteiger partial charge in [0.15, 0.2) is 5.65 Å². The van der Waals surface area contributed by atoms with Crippen LogP contribution in [0, 0.1) is 12.8 Å². The van der Waals surface area contributed by atoms with Crippen LogP contribution in [-0.2, 0) is 6.61 Å². The Kier molecular flexibility index (Phi) is 5.55. The van der Waals surface area contributed by atoms with Gasteiger partial charge in [-0.25, -0.2) is 14.5 Å². The van der Waals surface area contributed by atoms with Crippen molar-refractivity contribution in [3.63, 3.8) is 0 Å². The van der Waals surface area contributed by atoms with E-state index < -0.39 is 0 Å². The monoisotopic (exact) mass is 434 g/mol. The number of aliphatic hydroxyl groups is 1. The molecule has 5 heterocycles. The van der Waals surface area contributed by atoms with Crippen LogP contribution in [0.3, 0.4) is 0 Å². The molecule has 32 heavy (non-hydrogen) atoms. The van der Waals surface area contributed by atoms with Crippen molar-refractivity contribution in [3.8, 4) is 0 Å². The lowest BCUT2D eigenvalue weighted by atomic mass is 9.99. The summed E-state index contributed by atoms with van der Waals surface area (Å²) in [6, 6.07) is 7.12. The summed E-state index contributed by atoms with van der Waals surface area (Å²) in [6.45, 7) is 6.94. The smallest absolute Gasteiger partial charge is 0.273 e. The van der Waals surface area contributed by atoms with E-state index in [-0.39, 0.29) is 18.6 Å².